The van der Waals surface area contributed by atoms with E-state index >= 15 is 0 Å². The molecule has 0 amide bonds. The van der Waals surface area contributed by atoms with Gasteiger partial charge in [-0.25, -0.2) is 4.79 Å². The van der Waals surface area contributed by atoms with Crippen LogP contribution < -0.4 is 5.73 Å². The molecule has 0 radical (unpaired) electrons. The minimum Gasteiger partial charge on any atom is -0.462 e. The molecule has 0 aliphatic heterocycles. The second-order valence-corrected chi connectivity index (χ2v) is 3.83. The third-order valence-electron chi connectivity index (χ3n) is 1.98. The minimum absolute atomic E-state index is 0.272. The lowest BCUT2D eigenvalue weighted by Gasteiger charge is -2.07. The third-order valence-corrected chi connectivity index (χ3v) is 2.84. The van der Waals surface area contributed by atoms with Gasteiger partial charge in [-0.1, -0.05) is 0 Å². The maximum Gasteiger partial charge on any atom is 0.339 e. The Morgan fingerprint density at radius 3 is 2.81 bits per heavy atom. The van der Waals surface area contributed by atoms with E-state index in [0.717, 1.165) is 5.56 Å². The highest BCUT2D eigenvalue weighted by molar-refractivity contribution is 9.10. The molecule has 5 heteroatoms. The van der Waals surface area contributed by atoms with Gasteiger partial charge in [-0.05, 0) is 40.5 Å². The van der Waals surface area contributed by atoms with E-state index in [1.54, 1.807) is 19.1 Å². The van der Waals surface area contributed by atoms with Crippen molar-refractivity contribution in [2.75, 3.05) is 6.61 Å². The van der Waals surface area contributed by atoms with Crippen LogP contribution >= 0.6 is 15.9 Å². The number of benzene rings is 1. The summed E-state index contributed by atoms with van der Waals surface area (Å²) in [6.45, 7) is 2.29. The zero-order chi connectivity index (χ0) is 12.1. The Morgan fingerprint density at radius 2 is 2.31 bits per heavy atom. The van der Waals surface area contributed by atoms with Crippen molar-refractivity contribution < 1.29 is 9.53 Å². The molecular weight excluding hydrogens is 272 g/mol. The van der Waals surface area contributed by atoms with Crippen LogP contribution in [-0.2, 0) is 11.3 Å². The summed E-state index contributed by atoms with van der Waals surface area (Å²) in [6.07, 6.45) is 0. The topological polar surface area (TPSA) is 76.1 Å². The SMILES string of the molecule is CCOC(=O)c1cc(CN)cc(C#N)c1Br. The molecule has 1 aromatic rings. The summed E-state index contributed by atoms with van der Waals surface area (Å²) in [4.78, 5) is 11.6. The van der Waals surface area contributed by atoms with Crippen molar-refractivity contribution in [2.24, 2.45) is 5.73 Å². The van der Waals surface area contributed by atoms with Crippen molar-refractivity contribution in [1.82, 2.24) is 0 Å². The molecule has 0 atom stereocenters. The number of rotatable bonds is 3. The van der Waals surface area contributed by atoms with Crippen molar-refractivity contribution in [2.45, 2.75) is 13.5 Å². The van der Waals surface area contributed by atoms with Crippen LogP contribution in [0.3, 0.4) is 0 Å². The highest BCUT2D eigenvalue weighted by Crippen LogP contribution is 2.24. The van der Waals surface area contributed by atoms with E-state index in [4.69, 9.17) is 15.7 Å². The molecule has 2 N–H and O–H groups in total. The largest absolute Gasteiger partial charge is 0.462 e. The minimum atomic E-state index is -0.457. The fourth-order valence-electron chi connectivity index (χ4n) is 1.24. The summed E-state index contributed by atoms with van der Waals surface area (Å²) in [5.41, 5.74) is 6.93. The van der Waals surface area contributed by atoms with Crippen molar-refractivity contribution in [3.8, 4) is 6.07 Å². The molecule has 0 aromatic heterocycles. The molecule has 0 unspecified atom stereocenters. The summed E-state index contributed by atoms with van der Waals surface area (Å²) >= 11 is 3.21. The van der Waals surface area contributed by atoms with Gasteiger partial charge in [0.2, 0.25) is 0 Å². The summed E-state index contributed by atoms with van der Waals surface area (Å²) in [5, 5.41) is 8.90. The molecule has 0 aliphatic rings. The molecule has 0 fully saturated rings. The van der Waals surface area contributed by atoms with Gasteiger partial charge in [0.25, 0.3) is 0 Å². The van der Waals surface area contributed by atoms with E-state index in [-0.39, 0.29) is 6.54 Å². The zero-order valence-electron chi connectivity index (χ0n) is 8.79. The Balaban J connectivity index is 3.27. The number of esters is 1. The van der Waals surface area contributed by atoms with Gasteiger partial charge < -0.3 is 10.5 Å². The number of nitrogens with zero attached hydrogens (tertiary/aromatic N) is 1. The van der Waals surface area contributed by atoms with E-state index in [1.807, 2.05) is 6.07 Å². The number of ether oxygens (including phenoxy) is 1. The number of nitrogens with two attached hydrogens (primary N) is 1. The predicted octanol–water partition coefficient (Wildman–Crippen LogP) is 1.96. The lowest BCUT2D eigenvalue weighted by Crippen LogP contribution is -2.08. The van der Waals surface area contributed by atoms with Crippen molar-refractivity contribution >= 4 is 21.9 Å². The standard InChI is InChI=1S/C11H11BrN2O2/c1-2-16-11(15)9-4-7(5-13)3-8(6-14)10(9)12/h3-4H,2,5,13H2,1H3. The fraction of sp³-hybridized carbons (Fsp3) is 0.273. The molecule has 1 rings (SSSR count). The Kier molecular flexibility index (Phi) is 4.47. The van der Waals surface area contributed by atoms with E-state index < -0.39 is 5.97 Å². The van der Waals surface area contributed by atoms with Crippen LogP contribution in [0.4, 0.5) is 0 Å². The van der Waals surface area contributed by atoms with Gasteiger partial charge >= 0.3 is 5.97 Å². The van der Waals surface area contributed by atoms with Crippen molar-refractivity contribution in [1.29, 1.82) is 5.26 Å². The van der Waals surface area contributed by atoms with E-state index in [2.05, 4.69) is 15.9 Å². The highest BCUT2D eigenvalue weighted by Gasteiger charge is 2.15. The average Bonchev–Trinajstić information content (AvgIpc) is 2.29. The van der Waals surface area contributed by atoms with Gasteiger partial charge in [-0.2, -0.15) is 5.26 Å². The van der Waals surface area contributed by atoms with Crippen molar-refractivity contribution in [3.63, 3.8) is 0 Å². The molecule has 0 spiro atoms. The fourth-order valence-corrected chi connectivity index (χ4v) is 1.72. The van der Waals surface area contributed by atoms with Gasteiger partial charge in [-0.15, -0.1) is 0 Å². The summed E-state index contributed by atoms with van der Waals surface area (Å²) in [7, 11) is 0. The Labute approximate surface area is 102 Å². The van der Waals surface area contributed by atoms with Crippen LogP contribution in [0.15, 0.2) is 16.6 Å². The Morgan fingerprint density at radius 1 is 1.62 bits per heavy atom. The van der Waals surface area contributed by atoms with E-state index in [0.29, 0.717) is 22.2 Å². The van der Waals surface area contributed by atoms with Crippen LogP contribution in [0.1, 0.15) is 28.4 Å². The number of carbonyl (C=O) groups excluding carboxylic acids is 1. The highest BCUT2D eigenvalue weighted by atomic mass is 79.9. The number of hydrogen-bond acceptors (Lipinski definition) is 4. The summed E-state index contributed by atoms with van der Waals surface area (Å²) in [5.74, 6) is -0.457. The second kappa shape index (κ2) is 5.64. The molecular formula is C11H11BrN2O2. The van der Waals surface area contributed by atoms with E-state index in [1.165, 1.54) is 0 Å². The maximum absolute atomic E-state index is 11.6. The molecule has 1 aromatic carbocycles. The molecule has 0 saturated carbocycles. The first-order chi connectivity index (χ1) is 7.63. The van der Waals surface area contributed by atoms with Crippen LogP contribution in [-0.4, -0.2) is 12.6 Å². The van der Waals surface area contributed by atoms with Gasteiger partial charge in [0.15, 0.2) is 0 Å². The van der Waals surface area contributed by atoms with Crippen LogP contribution in [0.2, 0.25) is 0 Å². The molecule has 4 nitrogen and oxygen atoms in total. The van der Waals surface area contributed by atoms with Gasteiger partial charge in [0.1, 0.15) is 6.07 Å². The summed E-state index contributed by atoms with van der Waals surface area (Å²) < 4.78 is 5.34. The third kappa shape index (κ3) is 2.60. The smallest absolute Gasteiger partial charge is 0.339 e. The first-order valence-corrected chi connectivity index (χ1v) is 5.53. The Hall–Kier alpha value is -1.38. The lowest BCUT2D eigenvalue weighted by atomic mass is 10.1. The number of carbonyl (C=O) groups is 1. The molecule has 16 heavy (non-hydrogen) atoms. The van der Waals surface area contributed by atoms with Crippen LogP contribution in [0.25, 0.3) is 0 Å². The van der Waals surface area contributed by atoms with Gasteiger partial charge in [-0.3, -0.25) is 0 Å². The molecule has 0 saturated heterocycles. The molecule has 84 valence electrons. The molecule has 0 bridgehead atoms. The predicted molar refractivity (Wildman–Crippen MR) is 62.7 cm³/mol. The Bertz CT molecular complexity index is 452. The lowest BCUT2D eigenvalue weighted by molar-refractivity contribution is 0.0525. The first kappa shape index (κ1) is 12.7. The van der Waals surface area contributed by atoms with Crippen LogP contribution in [0.5, 0.6) is 0 Å². The normalized spacial score (nSPS) is 9.62. The van der Waals surface area contributed by atoms with E-state index in [9.17, 15) is 4.79 Å². The second-order valence-electron chi connectivity index (χ2n) is 3.04. The molecule has 0 aliphatic carbocycles. The summed E-state index contributed by atoms with van der Waals surface area (Å²) in [6, 6.07) is 5.27. The first-order valence-electron chi connectivity index (χ1n) is 4.73. The quantitative estimate of drug-likeness (QED) is 0.860. The average molecular weight is 283 g/mol. The monoisotopic (exact) mass is 282 g/mol. The maximum atomic E-state index is 11.6. The van der Waals surface area contributed by atoms with Gasteiger partial charge in [0.05, 0.1) is 17.7 Å². The zero-order valence-corrected chi connectivity index (χ0v) is 10.4. The van der Waals surface area contributed by atoms with Gasteiger partial charge in [0, 0.05) is 11.0 Å². The number of hydrogen-bond donors (Lipinski definition) is 1. The number of nitriles is 1. The number of halogens is 1. The van der Waals surface area contributed by atoms with Crippen LogP contribution in [0, 0.1) is 11.3 Å². The molecule has 0 heterocycles. The van der Waals surface area contributed by atoms with Crippen molar-refractivity contribution in [3.05, 3.63) is 33.3 Å².